The van der Waals surface area contributed by atoms with Gasteiger partial charge in [-0.25, -0.2) is 0 Å². The first-order valence-electron chi connectivity index (χ1n) is 5.99. The Labute approximate surface area is 121 Å². The minimum Gasteiger partial charge on any atom is -0.398 e. The highest BCUT2D eigenvalue weighted by molar-refractivity contribution is 7.16. The molecule has 0 fully saturated rings. The monoisotopic (exact) mass is 294 g/mol. The zero-order valence-corrected chi connectivity index (χ0v) is 12.2. The maximum absolute atomic E-state index is 12.4. The fourth-order valence-corrected chi connectivity index (χ4v) is 2.92. The van der Waals surface area contributed by atoms with Crippen molar-refractivity contribution in [2.24, 2.45) is 0 Å². The van der Waals surface area contributed by atoms with Gasteiger partial charge in [-0.15, -0.1) is 11.3 Å². The van der Waals surface area contributed by atoms with E-state index in [2.05, 4.69) is 0 Å². The quantitative estimate of drug-likeness (QED) is 0.875. The van der Waals surface area contributed by atoms with Gasteiger partial charge in [0.25, 0.3) is 5.91 Å². The Bertz CT molecular complexity index is 582. The van der Waals surface area contributed by atoms with Crippen LogP contribution in [0.3, 0.4) is 0 Å². The third-order valence-corrected chi connectivity index (χ3v) is 4.05. The number of nitrogen functional groups attached to an aromatic ring is 1. The molecule has 0 aliphatic carbocycles. The van der Waals surface area contributed by atoms with Crippen LogP contribution in [0.4, 0.5) is 5.69 Å². The van der Waals surface area contributed by atoms with Crippen LogP contribution in [0.15, 0.2) is 36.4 Å². The first-order valence-corrected chi connectivity index (χ1v) is 7.19. The maximum Gasteiger partial charge on any atom is 0.256 e. The van der Waals surface area contributed by atoms with Crippen LogP contribution in [-0.2, 0) is 6.54 Å². The summed E-state index contributed by atoms with van der Waals surface area (Å²) in [5, 5.41) is 0. The van der Waals surface area contributed by atoms with E-state index >= 15 is 0 Å². The summed E-state index contributed by atoms with van der Waals surface area (Å²) in [7, 11) is 0. The van der Waals surface area contributed by atoms with Crippen LogP contribution in [0, 0.1) is 0 Å². The van der Waals surface area contributed by atoms with E-state index in [4.69, 9.17) is 17.3 Å². The van der Waals surface area contributed by atoms with E-state index in [1.807, 2.05) is 31.2 Å². The van der Waals surface area contributed by atoms with Crippen molar-refractivity contribution in [3.05, 3.63) is 51.2 Å². The van der Waals surface area contributed by atoms with Gasteiger partial charge in [0.05, 0.1) is 16.4 Å². The lowest BCUT2D eigenvalue weighted by molar-refractivity contribution is 0.0755. The minimum absolute atomic E-state index is 0.0508. The Kier molecular flexibility index (Phi) is 4.45. The highest BCUT2D eigenvalue weighted by Gasteiger charge is 2.17. The summed E-state index contributed by atoms with van der Waals surface area (Å²) in [5.74, 6) is -0.0508. The topological polar surface area (TPSA) is 46.3 Å². The molecule has 5 heteroatoms. The van der Waals surface area contributed by atoms with Crippen molar-refractivity contribution >= 4 is 34.5 Å². The number of para-hydroxylation sites is 1. The van der Waals surface area contributed by atoms with E-state index in [0.717, 1.165) is 9.21 Å². The predicted molar refractivity (Wildman–Crippen MR) is 80.6 cm³/mol. The van der Waals surface area contributed by atoms with Crippen molar-refractivity contribution in [2.45, 2.75) is 13.5 Å². The number of amides is 1. The second kappa shape index (κ2) is 6.08. The summed E-state index contributed by atoms with van der Waals surface area (Å²) in [4.78, 5) is 15.2. The molecule has 0 spiro atoms. The molecule has 19 heavy (non-hydrogen) atoms. The SMILES string of the molecule is CCN(Cc1ccc(Cl)s1)C(=O)c1ccccc1N. The van der Waals surface area contributed by atoms with Crippen LogP contribution < -0.4 is 5.73 Å². The summed E-state index contributed by atoms with van der Waals surface area (Å²) < 4.78 is 0.734. The predicted octanol–water partition coefficient (Wildman–Crippen LogP) is 3.65. The minimum atomic E-state index is -0.0508. The molecule has 0 aliphatic heterocycles. The molecule has 0 unspecified atom stereocenters. The van der Waals surface area contributed by atoms with Crippen molar-refractivity contribution in [2.75, 3.05) is 12.3 Å². The van der Waals surface area contributed by atoms with Gasteiger partial charge < -0.3 is 10.6 Å². The molecule has 0 saturated heterocycles. The zero-order valence-electron chi connectivity index (χ0n) is 10.6. The van der Waals surface area contributed by atoms with Crippen LogP contribution in [0.5, 0.6) is 0 Å². The van der Waals surface area contributed by atoms with Gasteiger partial charge >= 0.3 is 0 Å². The average molecular weight is 295 g/mol. The van der Waals surface area contributed by atoms with E-state index in [1.54, 1.807) is 17.0 Å². The van der Waals surface area contributed by atoms with Crippen molar-refractivity contribution in [3.63, 3.8) is 0 Å². The van der Waals surface area contributed by atoms with Crippen LogP contribution in [0.2, 0.25) is 4.34 Å². The van der Waals surface area contributed by atoms with Crippen molar-refractivity contribution < 1.29 is 4.79 Å². The number of hydrogen-bond acceptors (Lipinski definition) is 3. The molecule has 2 aromatic rings. The van der Waals surface area contributed by atoms with Gasteiger partial charge in [-0.2, -0.15) is 0 Å². The van der Waals surface area contributed by atoms with Gasteiger partial charge in [-0.3, -0.25) is 4.79 Å². The summed E-state index contributed by atoms with van der Waals surface area (Å²) in [6, 6.07) is 10.9. The molecule has 2 rings (SSSR count). The summed E-state index contributed by atoms with van der Waals surface area (Å²) in [6.45, 7) is 3.13. The van der Waals surface area contributed by atoms with E-state index in [9.17, 15) is 4.79 Å². The number of rotatable bonds is 4. The van der Waals surface area contributed by atoms with E-state index in [0.29, 0.717) is 24.3 Å². The second-order valence-electron chi connectivity index (χ2n) is 4.11. The molecular weight excluding hydrogens is 280 g/mol. The third-order valence-electron chi connectivity index (χ3n) is 2.84. The van der Waals surface area contributed by atoms with Crippen molar-refractivity contribution in [3.8, 4) is 0 Å². The second-order valence-corrected chi connectivity index (χ2v) is 5.91. The highest BCUT2D eigenvalue weighted by Crippen LogP contribution is 2.23. The summed E-state index contributed by atoms with van der Waals surface area (Å²) >= 11 is 7.39. The first kappa shape index (κ1) is 13.9. The molecule has 1 aromatic carbocycles. The first-order chi connectivity index (χ1) is 9.11. The smallest absolute Gasteiger partial charge is 0.256 e. The normalized spacial score (nSPS) is 10.4. The number of nitrogens with zero attached hydrogens (tertiary/aromatic N) is 1. The highest BCUT2D eigenvalue weighted by atomic mass is 35.5. The van der Waals surface area contributed by atoms with Crippen LogP contribution in [-0.4, -0.2) is 17.4 Å². The number of anilines is 1. The zero-order chi connectivity index (χ0) is 13.8. The average Bonchev–Trinajstić information content (AvgIpc) is 2.81. The van der Waals surface area contributed by atoms with Crippen LogP contribution in [0.1, 0.15) is 22.2 Å². The molecule has 1 aromatic heterocycles. The number of carbonyl (C=O) groups is 1. The van der Waals surface area contributed by atoms with Gasteiger partial charge in [0.15, 0.2) is 0 Å². The van der Waals surface area contributed by atoms with Crippen molar-refractivity contribution in [1.82, 2.24) is 4.90 Å². The van der Waals surface area contributed by atoms with E-state index < -0.39 is 0 Å². The fourth-order valence-electron chi connectivity index (χ4n) is 1.81. The third kappa shape index (κ3) is 3.28. The molecule has 3 nitrogen and oxygen atoms in total. The lowest BCUT2D eigenvalue weighted by Crippen LogP contribution is -2.30. The number of carbonyl (C=O) groups excluding carboxylic acids is 1. The van der Waals surface area contributed by atoms with Gasteiger partial charge in [-0.1, -0.05) is 23.7 Å². The largest absolute Gasteiger partial charge is 0.398 e. The molecule has 0 saturated carbocycles. The lowest BCUT2D eigenvalue weighted by atomic mass is 10.1. The molecule has 2 N–H and O–H groups in total. The molecule has 100 valence electrons. The fraction of sp³-hybridized carbons (Fsp3) is 0.214. The standard InChI is InChI=1S/C14H15ClN2OS/c1-2-17(9-10-7-8-13(15)19-10)14(18)11-5-3-4-6-12(11)16/h3-8H,2,9,16H2,1H3. The van der Waals surface area contributed by atoms with Gasteiger partial charge in [0.1, 0.15) is 0 Å². The van der Waals surface area contributed by atoms with E-state index in [1.165, 1.54) is 11.3 Å². The number of hydrogen-bond donors (Lipinski definition) is 1. The Hall–Kier alpha value is -1.52. The van der Waals surface area contributed by atoms with Gasteiger partial charge in [-0.05, 0) is 31.2 Å². The van der Waals surface area contributed by atoms with Crippen LogP contribution in [0.25, 0.3) is 0 Å². The Balaban J connectivity index is 2.18. The maximum atomic E-state index is 12.4. The van der Waals surface area contributed by atoms with Gasteiger partial charge in [0.2, 0.25) is 0 Å². The lowest BCUT2D eigenvalue weighted by Gasteiger charge is -2.21. The molecule has 0 atom stereocenters. The number of thiophene rings is 1. The van der Waals surface area contributed by atoms with Crippen molar-refractivity contribution in [1.29, 1.82) is 0 Å². The summed E-state index contributed by atoms with van der Waals surface area (Å²) in [6.07, 6.45) is 0. The van der Waals surface area contributed by atoms with Crippen LogP contribution >= 0.6 is 22.9 Å². The molecule has 0 radical (unpaired) electrons. The van der Waals surface area contributed by atoms with Gasteiger partial charge in [0, 0.05) is 17.1 Å². The molecule has 0 aliphatic rings. The summed E-state index contributed by atoms with van der Waals surface area (Å²) in [5.41, 5.74) is 6.90. The molecule has 0 bridgehead atoms. The Morgan fingerprint density at radius 2 is 2.05 bits per heavy atom. The number of halogens is 1. The molecular formula is C14H15ClN2OS. The Morgan fingerprint density at radius 3 is 2.63 bits per heavy atom. The molecule has 1 amide bonds. The Morgan fingerprint density at radius 1 is 1.32 bits per heavy atom. The van der Waals surface area contributed by atoms with E-state index in [-0.39, 0.29) is 5.91 Å². The number of benzene rings is 1. The number of nitrogens with two attached hydrogens (primary N) is 1. The molecule has 1 heterocycles.